The minimum Gasteiger partial charge on any atom is -0.396 e. The van der Waals surface area contributed by atoms with E-state index in [1.165, 1.54) is 0 Å². The maximum absolute atomic E-state index is 8.48. The Bertz CT molecular complexity index is 63.1. The zero-order valence-corrected chi connectivity index (χ0v) is 4.30. The van der Waals surface area contributed by atoms with Gasteiger partial charge in [0, 0.05) is 12.6 Å². The molecule has 0 heterocycles. The Kier molecular flexibility index (Phi) is 1.30. The van der Waals surface area contributed by atoms with Crippen molar-refractivity contribution in [2.75, 3.05) is 6.61 Å². The summed E-state index contributed by atoms with van der Waals surface area (Å²) in [5.41, 5.74) is 5.47. The second-order valence-corrected chi connectivity index (χ2v) is 2.18. The summed E-state index contributed by atoms with van der Waals surface area (Å²) in [4.78, 5) is 0. The lowest BCUT2D eigenvalue weighted by molar-refractivity contribution is 0.138. The van der Waals surface area contributed by atoms with E-state index < -0.39 is 0 Å². The van der Waals surface area contributed by atoms with Crippen LogP contribution in [0, 0.1) is 5.92 Å². The average molecular weight is 101 g/mol. The van der Waals surface area contributed by atoms with E-state index in [2.05, 4.69) is 0 Å². The summed E-state index contributed by atoms with van der Waals surface area (Å²) in [5, 5.41) is 8.48. The van der Waals surface area contributed by atoms with Gasteiger partial charge in [0.15, 0.2) is 0 Å². The normalized spacial score (nSPS) is 40.3. The maximum Gasteiger partial charge on any atom is 0.0474 e. The summed E-state index contributed by atoms with van der Waals surface area (Å²) in [6.45, 7) is 0.279. The molecule has 0 unspecified atom stereocenters. The number of hydrogen-bond donors (Lipinski definition) is 2. The Morgan fingerprint density at radius 3 is 2.29 bits per heavy atom. The van der Waals surface area contributed by atoms with Crippen molar-refractivity contribution in [2.24, 2.45) is 11.7 Å². The third kappa shape index (κ3) is 0.763. The minimum atomic E-state index is 0.279. The number of aliphatic hydroxyl groups is 1. The minimum absolute atomic E-state index is 0.279. The van der Waals surface area contributed by atoms with Gasteiger partial charge in [0.05, 0.1) is 0 Å². The van der Waals surface area contributed by atoms with Crippen molar-refractivity contribution >= 4 is 0 Å². The molecule has 1 aliphatic carbocycles. The fourth-order valence-electron chi connectivity index (χ4n) is 0.821. The highest BCUT2D eigenvalue weighted by atomic mass is 16.3. The van der Waals surface area contributed by atoms with Gasteiger partial charge in [-0.15, -0.1) is 0 Å². The fraction of sp³-hybridized carbons (Fsp3) is 1.00. The van der Waals surface area contributed by atoms with Crippen LogP contribution in [0.15, 0.2) is 0 Å². The van der Waals surface area contributed by atoms with E-state index in [9.17, 15) is 0 Å². The van der Waals surface area contributed by atoms with Gasteiger partial charge in [0.2, 0.25) is 0 Å². The topological polar surface area (TPSA) is 46.2 Å². The number of hydrogen-bond acceptors (Lipinski definition) is 2. The molecule has 2 atom stereocenters. The Labute approximate surface area is 43.3 Å². The van der Waals surface area contributed by atoms with E-state index in [0.29, 0.717) is 12.0 Å². The molecule has 2 heteroatoms. The molecule has 0 aromatic carbocycles. The first-order valence-corrected chi connectivity index (χ1v) is 2.71. The first-order valence-electron chi connectivity index (χ1n) is 2.71. The van der Waals surface area contributed by atoms with Crippen LogP contribution in [0.5, 0.6) is 0 Å². The van der Waals surface area contributed by atoms with Gasteiger partial charge in [-0.3, -0.25) is 0 Å². The van der Waals surface area contributed by atoms with Crippen molar-refractivity contribution in [3.05, 3.63) is 0 Å². The average Bonchev–Trinajstić information content (AvgIpc) is 1.65. The van der Waals surface area contributed by atoms with Gasteiger partial charge in [-0.1, -0.05) is 0 Å². The molecule has 0 spiro atoms. The molecule has 0 saturated heterocycles. The third-order valence-corrected chi connectivity index (χ3v) is 1.71. The quantitative estimate of drug-likeness (QED) is 0.477. The highest BCUT2D eigenvalue weighted by Crippen LogP contribution is 2.23. The number of rotatable bonds is 1. The van der Waals surface area contributed by atoms with Gasteiger partial charge in [-0.05, 0) is 18.8 Å². The van der Waals surface area contributed by atoms with E-state index in [4.69, 9.17) is 10.8 Å². The fourth-order valence-corrected chi connectivity index (χ4v) is 0.821. The van der Waals surface area contributed by atoms with Crippen LogP contribution in [0.4, 0.5) is 0 Å². The monoisotopic (exact) mass is 101 g/mol. The van der Waals surface area contributed by atoms with Crippen molar-refractivity contribution < 1.29 is 5.11 Å². The first kappa shape index (κ1) is 5.06. The van der Waals surface area contributed by atoms with Crippen LogP contribution < -0.4 is 5.73 Å². The second-order valence-electron chi connectivity index (χ2n) is 2.18. The highest BCUT2D eigenvalue weighted by Gasteiger charge is 2.25. The number of nitrogens with two attached hydrogens (primary N) is 1. The summed E-state index contributed by atoms with van der Waals surface area (Å²) in [6.07, 6.45) is 2.23. The molecule has 2 nitrogen and oxygen atoms in total. The van der Waals surface area contributed by atoms with Gasteiger partial charge in [0.25, 0.3) is 0 Å². The van der Waals surface area contributed by atoms with Crippen molar-refractivity contribution in [2.45, 2.75) is 18.9 Å². The molecule has 7 heavy (non-hydrogen) atoms. The SMILES string of the molecule is N[C@@H]1CC[C@@H]1CO. The van der Waals surface area contributed by atoms with E-state index in [0.717, 1.165) is 12.8 Å². The summed E-state index contributed by atoms with van der Waals surface area (Å²) in [6, 6.07) is 0.296. The summed E-state index contributed by atoms with van der Waals surface area (Å²) in [5.74, 6) is 0.417. The van der Waals surface area contributed by atoms with E-state index in [-0.39, 0.29) is 6.61 Å². The molecule has 3 N–H and O–H groups in total. The lowest BCUT2D eigenvalue weighted by atomic mass is 9.81. The summed E-state index contributed by atoms with van der Waals surface area (Å²) in [7, 11) is 0. The first-order chi connectivity index (χ1) is 3.34. The molecule has 1 aliphatic rings. The lowest BCUT2D eigenvalue weighted by Crippen LogP contribution is -2.41. The van der Waals surface area contributed by atoms with Gasteiger partial charge in [-0.25, -0.2) is 0 Å². The molecule has 0 aliphatic heterocycles. The zero-order chi connectivity index (χ0) is 5.28. The molecule has 42 valence electrons. The van der Waals surface area contributed by atoms with E-state index in [1.807, 2.05) is 0 Å². The molecule has 0 radical (unpaired) electrons. The maximum atomic E-state index is 8.48. The second kappa shape index (κ2) is 1.80. The summed E-state index contributed by atoms with van der Waals surface area (Å²) < 4.78 is 0. The summed E-state index contributed by atoms with van der Waals surface area (Å²) >= 11 is 0. The van der Waals surface area contributed by atoms with Gasteiger partial charge in [0.1, 0.15) is 0 Å². The van der Waals surface area contributed by atoms with Crippen LogP contribution in [-0.4, -0.2) is 17.8 Å². The molecule has 0 amide bonds. The van der Waals surface area contributed by atoms with E-state index in [1.54, 1.807) is 0 Å². The zero-order valence-electron chi connectivity index (χ0n) is 4.30. The smallest absolute Gasteiger partial charge is 0.0474 e. The predicted molar refractivity (Wildman–Crippen MR) is 27.8 cm³/mol. The molecule has 1 saturated carbocycles. The number of aliphatic hydroxyl groups excluding tert-OH is 1. The van der Waals surface area contributed by atoms with Crippen LogP contribution >= 0.6 is 0 Å². The standard InChI is InChI=1S/C5H11NO/c6-5-2-1-4(5)3-7/h4-5,7H,1-3,6H2/t4-,5-/m1/s1. The molecule has 1 rings (SSSR count). The largest absolute Gasteiger partial charge is 0.396 e. The molecule has 0 aromatic heterocycles. The van der Waals surface area contributed by atoms with Gasteiger partial charge >= 0.3 is 0 Å². The molecule has 0 bridgehead atoms. The van der Waals surface area contributed by atoms with Gasteiger partial charge < -0.3 is 10.8 Å². The van der Waals surface area contributed by atoms with Crippen molar-refractivity contribution in [3.63, 3.8) is 0 Å². The third-order valence-electron chi connectivity index (χ3n) is 1.71. The molecular weight excluding hydrogens is 90.1 g/mol. The van der Waals surface area contributed by atoms with E-state index >= 15 is 0 Å². The lowest BCUT2D eigenvalue weighted by Gasteiger charge is -2.31. The van der Waals surface area contributed by atoms with Crippen LogP contribution in [-0.2, 0) is 0 Å². The van der Waals surface area contributed by atoms with Crippen molar-refractivity contribution in [1.82, 2.24) is 0 Å². The Balaban J connectivity index is 2.16. The van der Waals surface area contributed by atoms with Crippen molar-refractivity contribution in [3.8, 4) is 0 Å². The molecule has 0 aromatic rings. The Hall–Kier alpha value is -0.0800. The Morgan fingerprint density at radius 1 is 1.57 bits per heavy atom. The molecule has 1 fully saturated rings. The van der Waals surface area contributed by atoms with Crippen molar-refractivity contribution in [1.29, 1.82) is 0 Å². The van der Waals surface area contributed by atoms with Gasteiger partial charge in [-0.2, -0.15) is 0 Å². The van der Waals surface area contributed by atoms with Crippen LogP contribution in [0.2, 0.25) is 0 Å². The predicted octanol–water partition coefficient (Wildman–Crippen LogP) is -0.284. The molecular formula is C5H11NO. The van der Waals surface area contributed by atoms with Crippen LogP contribution in [0.25, 0.3) is 0 Å². The van der Waals surface area contributed by atoms with Crippen LogP contribution in [0.1, 0.15) is 12.8 Å². The Morgan fingerprint density at radius 2 is 2.29 bits per heavy atom. The highest BCUT2D eigenvalue weighted by molar-refractivity contribution is 4.82. The van der Waals surface area contributed by atoms with Crippen LogP contribution in [0.3, 0.4) is 0 Å².